The molecule has 1 unspecified atom stereocenters. The molecule has 1 aromatic rings. The fraction of sp³-hybridized carbons (Fsp3) is 0.529. The summed E-state index contributed by atoms with van der Waals surface area (Å²) in [5.74, 6) is -1.44. The molecule has 1 aliphatic rings. The second-order valence-corrected chi connectivity index (χ2v) is 8.60. The van der Waals surface area contributed by atoms with Crippen LogP contribution in [0.25, 0.3) is 0 Å². The highest BCUT2D eigenvalue weighted by molar-refractivity contribution is 7.93. The van der Waals surface area contributed by atoms with E-state index in [4.69, 9.17) is 0 Å². The van der Waals surface area contributed by atoms with Gasteiger partial charge in [0.05, 0.1) is 11.4 Å². The lowest BCUT2D eigenvalue weighted by atomic mass is 9.95. The number of aliphatic carboxylic acids is 1. The van der Waals surface area contributed by atoms with Gasteiger partial charge >= 0.3 is 5.97 Å². The summed E-state index contributed by atoms with van der Waals surface area (Å²) in [6.07, 6.45) is 1.52. The molecule has 1 atom stereocenters. The monoisotopic (exact) mass is 368 g/mol. The number of hydrogen-bond donors (Lipinski definition) is 2. The van der Waals surface area contributed by atoms with E-state index in [1.165, 1.54) is 11.2 Å². The summed E-state index contributed by atoms with van der Waals surface area (Å²) in [6.45, 7) is 5.47. The molecule has 1 amide bonds. The Kier molecular flexibility index (Phi) is 5.41. The van der Waals surface area contributed by atoms with Crippen molar-refractivity contribution in [2.24, 2.45) is 0 Å². The summed E-state index contributed by atoms with van der Waals surface area (Å²) in [5.41, 5.74) is 0.126. The lowest BCUT2D eigenvalue weighted by Crippen LogP contribution is -2.52. The number of anilines is 1. The van der Waals surface area contributed by atoms with Crippen molar-refractivity contribution in [2.75, 3.05) is 16.6 Å². The van der Waals surface area contributed by atoms with Crippen LogP contribution in [0.15, 0.2) is 18.2 Å². The Morgan fingerprint density at radius 1 is 1.36 bits per heavy atom. The molecule has 1 aliphatic heterocycles. The Morgan fingerprint density at radius 3 is 2.52 bits per heavy atom. The Labute approximate surface area is 148 Å². The number of carboxylic acid groups (broad SMARTS) is 1. The van der Waals surface area contributed by atoms with Gasteiger partial charge in [0.1, 0.15) is 5.54 Å². The number of carbonyl (C=O) groups is 2. The van der Waals surface area contributed by atoms with Crippen LogP contribution in [0.5, 0.6) is 0 Å². The van der Waals surface area contributed by atoms with Crippen molar-refractivity contribution < 1.29 is 23.1 Å². The number of carboxylic acids is 1. The van der Waals surface area contributed by atoms with E-state index in [9.17, 15) is 23.1 Å². The van der Waals surface area contributed by atoms with Gasteiger partial charge in [-0.05, 0) is 50.5 Å². The van der Waals surface area contributed by atoms with Gasteiger partial charge in [-0.1, -0.05) is 13.3 Å². The highest BCUT2D eigenvalue weighted by Gasteiger charge is 2.34. The van der Waals surface area contributed by atoms with Crippen LogP contribution >= 0.6 is 0 Å². The van der Waals surface area contributed by atoms with E-state index in [1.807, 2.05) is 6.92 Å². The molecule has 138 valence electrons. The molecule has 7 nitrogen and oxygen atoms in total. The third-order valence-corrected chi connectivity index (χ3v) is 6.32. The van der Waals surface area contributed by atoms with E-state index in [1.54, 1.807) is 25.1 Å². The van der Waals surface area contributed by atoms with Crippen LogP contribution in [0, 0.1) is 6.92 Å². The topological polar surface area (TPSA) is 104 Å². The normalized spacial score (nSPS) is 18.6. The predicted molar refractivity (Wildman–Crippen MR) is 95.3 cm³/mol. The highest BCUT2D eigenvalue weighted by atomic mass is 32.2. The standard InChI is InChI=1S/C17H24N2O5S/c1-4-8-17(3,16(21)22)18-15(20)14-7-6-13(11-12(14)2)19-9-5-10-25(19,23)24/h6-7,11H,4-5,8-10H2,1-3H3,(H,18,20)(H,21,22). The van der Waals surface area contributed by atoms with Crippen LogP contribution in [0.2, 0.25) is 0 Å². The molecule has 0 aromatic heterocycles. The summed E-state index contributed by atoms with van der Waals surface area (Å²) < 4.78 is 25.4. The van der Waals surface area contributed by atoms with Crippen molar-refractivity contribution in [1.29, 1.82) is 0 Å². The molecule has 0 saturated carbocycles. The molecule has 2 rings (SSSR count). The zero-order valence-electron chi connectivity index (χ0n) is 14.7. The quantitative estimate of drug-likeness (QED) is 0.798. The Morgan fingerprint density at radius 2 is 2.04 bits per heavy atom. The van der Waals surface area contributed by atoms with Crippen molar-refractivity contribution in [3.8, 4) is 0 Å². The first-order chi connectivity index (χ1) is 11.6. The number of aryl methyl sites for hydroxylation is 1. The third kappa shape index (κ3) is 3.95. The van der Waals surface area contributed by atoms with Gasteiger partial charge in [0.2, 0.25) is 10.0 Å². The first-order valence-corrected chi connectivity index (χ1v) is 9.88. The van der Waals surface area contributed by atoms with Gasteiger partial charge in [0.15, 0.2) is 0 Å². The molecule has 8 heteroatoms. The number of rotatable bonds is 6. The molecular formula is C17H24N2O5S. The maximum Gasteiger partial charge on any atom is 0.329 e. The van der Waals surface area contributed by atoms with Crippen LogP contribution < -0.4 is 9.62 Å². The van der Waals surface area contributed by atoms with Gasteiger partial charge in [-0.15, -0.1) is 0 Å². The third-order valence-electron chi connectivity index (χ3n) is 4.45. The summed E-state index contributed by atoms with van der Waals surface area (Å²) in [6, 6.07) is 4.78. The van der Waals surface area contributed by atoms with Crippen LogP contribution in [0.1, 0.15) is 49.0 Å². The van der Waals surface area contributed by atoms with Gasteiger partial charge in [-0.2, -0.15) is 0 Å². The van der Waals surface area contributed by atoms with E-state index in [0.717, 1.165) is 0 Å². The molecule has 1 heterocycles. The SMILES string of the molecule is CCCC(C)(NC(=O)c1ccc(N2CCCS2(=O)=O)cc1C)C(=O)O. The summed E-state index contributed by atoms with van der Waals surface area (Å²) in [7, 11) is -3.28. The molecule has 0 aliphatic carbocycles. The maximum absolute atomic E-state index is 12.5. The summed E-state index contributed by atoms with van der Waals surface area (Å²) in [5, 5.41) is 12.0. The first-order valence-electron chi connectivity index (χ1n) is 8.27. The summed E-state index contributed by atoms with van der Waals surface area (Å²) in [4.78, 5) is 24.0. The van der Waals surface area contributed by atoms with Crippen LogP contribution in [-0.4, -0.2) is 43.2 Å². The van der Waals surface area contributed by atoms with Gasteiger partial charge in [0, 0.05) is 12.1 Å². The van der Waals surface area contributed by atoms with Gasteiger partial charge in [-0.3, -0.25) is 9.10 Å². The first kappa shape index (κ1) is 19.2. The van der Waals surface area contributed by atoms with Crippen molar-refractivity contribution in [3.05, 3.63) is 29.3 Å². The zero-order chi connectivity index (χ0) is 18.8. The van der Waals surface area contributed by atoms with Gasteiger partial charge < -0.3 is 10.4 Å². The Balaban J connectivity index is 2.26. The number of hydrogen-bond acceptors (Lipinski definition) is 4. The Bertz CT molecular complexity index is 790. The molecule has 0 radical (unpaired) electrons. The lowest BCUT2D eigenvalue weighted by Gasteiger charge is -2.26. The molecule has 0 spiro atoms. The van der Waals surface area contributed by atoms with Crippen molar-refractivity contribution in [3.63, 3.8) is 0 Å². The van der Waals surface area contributed by atoms with Crippen molar-refractivity contribution in [1.82, 2.24) is 5.32 Å². The average molecular weight is 368 g/mol. The fourth-order valence-electron chi connectivity index (χ4n) is 3.03. The van der Waals surface area contributed by atoms with E-state index in [2.05, 4.69) is 5.32 Å². The predicted octanol–water partition coefficient (Wildman–Crippen LogP) is 1.91. The van der Waals surface area contributed by atoms with Gasteiger partial charge in [0.25, 0.3) is 5.91 Å². The molecule has 2 N–H and O–H groups in total. The molecule has 0 bridgehead atoms. The van der Waals surface area contributed by atoms with E-state index >= 15 is 0 Å². The highest BCUT2D eigenvalue weighted by Crippen LogP contribution is 2.26. The Hall–Kier alpha value is -2.09. The number of nitrogens with zero attached hydrogens (tertiary/aromatic N) is 1. The minimum absolute atomic E-state index is 0.127. The second-order valence-electron chi connectivity index (χ2n) is 6.58. The lowest BCUT2D eigenvalue weighted by molar-refractivity contribution is -0.144. The number of carbonyl (C=O) groups excluding carboxylic acids is 1. The maximum atomic E-state index is 12.5. The average Bonchev–Trinajstić information content (AvgIpc) is 2.86. The molecule has 1 saturated heterocycles. The summed E-state index contributed by atoms with van der Waals surface area (Å²) >= 11 is 0. The zero-order valence-corrected chi connectivity index (χ0v) is 15.5. The number of benzene rings is 1. The second kappa shape index (κ2) is 7.03. The van der Waals surface area contributed by atoms with Crippen LogP contribution in [0.4, 0.5) is 5.69 Å². The van der Waals surface area contributed by atoms with Crippen LogP contribution in [-0.2, 0) is 14.8 Å². The minimum atomic E-state index is -3.28. The fourth-order valence-corrected chi connectivity index (χ4v) is 4.58. The number of amides is 1. The smallest absolute Gasteiger partial charge is 0.329 e. The molecular weight excluding hydrogens is 344 g/mol. The van der Waals surface area contributed by atoms with Crippen molar-refractivity contribution in [2.45, 2.75) is 45.6 Å². The number of sulfonamides is 1. The number of nitrogens with one attached hydrogen (secondary N) is 1. The van der Waals surface area contributed by atoms with E-state index in [-0.39, 0.29) is 5.75 Å². The van der Waals surface area contributed by atoms with E-state index in [0.29, 0.717) is 42.6 Å². The molecule has 1 fully saturated rings. The van der Waals surface area contributed by atoms with E-state index < -0.39 is 27.4 Å². The van der Waals surface area contributed by atoms with Crippen molar-refractivity contribution >= 4 is 27.6 Å². The largest absolute Gasteiger partial charge is 0.480 e. The van der Waals surface area contributed by atoms with Gasteiger partial charge in [-0.25, -0.2) is 13.2 Å². The minimum Gasteiger partial charge on any atom is -0.480 e. The van der Waals surface area contributed by atoms with Crippen LogP contribution in [0.3, 0.4) is 0 Å². The molecule has 25 heavy (non-hydrogen) atoms. The molecule has 1 aromatic carbocycles.